The highest BCUT2D eigenvalue weighted by molar-refractivity contribution is 6.05. The first-order chi connectivity index (χ1) is 27.4. The van der Waals surface area contributed by atoms with Crippen molar-refractivity contribution >= 4 is 57.6 Å². The summed E-state index contributed by atoms with van der Waals surface area (Å²) in [6.07, 6.45) is 1.81. The maximum absolute atomic E-state index is 13.4. The number of imidazole rings is 2. The van der Waals surface area contributed by atoms with Crippen molar-refractivity contribution in [1.29, 1.82) is 0 Å². The Balaban J connectivity index is 1.25. The van der Waals surface area contributed by atoms with Gasteiger partial charge in [-0.15, -0.1) is 0 Å². The first kappa shape index (κ1) is 40.0. The first-order valence-electron chi connectivity index (χ1n) is 19.0. The van der Waals surface area contributed by atoms with Crippen LogP contribution in [0.25, 0.3) is 22.1 Å². The van der Waals surface area contributed by atoms with Crippen molar-refractivity contribution in [3.63, 3.8) is 0 Å². The molecule has 0 aliphatic heterocycles. The number of hydrogen-bond donors (Lipinski definition) is 4. The Labute approximate surface area is 328 Å². The predicted molar refractivity (Wildman–Crippen MR) is 214 cm³/mol. The van der Waals surface area contributed by atoms with E-state index >= 15 is 0 Å². The van der Waals surface area contributed by atoms with Gasteiger partial charge < -0.3 is 30.1 Å². The Kier molecular flexibility index (Phi) is 11.9. The number of nitrogens with one attached hydrogen (secondary N) is 2. The highest BCUT2D eigenvalue weighted by Crippen LogP contribution is 2.33. The van der Waals surface area contributed by atoms with Gasteiger partial charge in [0.15, 0.2) is 0 Å². The summed E-state index contributed by atoms with van der Waals surface area (Å²) in [5.74, 6) is -0.772. The summed E-state index contributed by atoms with van der Waals surface area (Å²) in [7, 11) is 0. The lowest BCUT2D eigenvalue weighted by atomic mass is 10.1. The molecule has 57 heavy (non-hydrogen) atoms. The normalized spacial score (nSPS) is 11.3. The third-order valence-corrected chi connectivity index (χ3v) is 9.20. The predicted octanol–water partition coefficient (Wildman–Crippen LogP) is 4.81. The van der Waals surface area contributed by atoms with E-state index in [1.54, 1.807) is 45.8 Å². The smallest absolute Gasteiger partial charge is 0.276 e. The van der Waals surface area contributed by atoms with Gasteiger partial charge in [-0.2, -0.15) is 10.2 Å². The molecule has 0 atom stereocenters. The number of amides is 4. The first-order valence-corrected chi connectivity index (χ1v) is 19.0. The van der Waals surface area contributed by atoms with E-state index in [1.165, 1.54) is 0 Å². The van der Waals surface area contributed by atoms with Crippen LogP contribution in [0.15, 0.2) is 36.4 Å². The van der Waals surface area contributed by atoms with Crippen molar-refractivity contribution in [2.24, 2.45) is 11.5 Å². The van der Waals surface area contributed by atoms with Gasteiger partial charge in [-0.1, -0.05) is 13.8 Å². The van der Waals surface area contributed by atoms with Crippen LogP contribution < -0.4 is 31.6 Å². The number of anilines is 2. The van der Waals surface area contributed by atoms with Gasteiger partial charge in [0.05, 0.1) is 35.6 Å². The summed E-state index contributed by atoms with van der Waals surface area (Å²) in [6, 6.07) is 9.69. The zero-order valence-corrected chi connectivity index (χ0v) is 33.0. The Morgan fingerprint density at radius 3 is 1.39 bits per heavy atom. The second-order valence-corrected chi connectivity index (χ2v) is 13.5. The Hall–Kier alpha value is -6.72. The molecule has 6 rings (SSSR count). The summed E-state index contributed by atoms with van der Waals surface area (Å²) in [6.45, 7) is 13.8. The number of carbonyl (C=O) groups is 4. The number of aromatic nitrogens is 8. The highest BCUT2D eigenvalue weighted by Gasteiger charge is 2.24. The molecule has 0 radical (unpaired) electrons. The molecule has 6 aromatic rings. The molecule has 0 unspecified atom stereocenters. The maximum Gasteiger partial charge on any atom is 0.276 e. The number of rotatable bonds is 18. The zero-order valence-electron chi connectivity index (χ0n) is 33.0. The highest BCUT2D eigenvalue weighted by atomic mass is 16.5. The Morgan fingerprint density at radius 2 is 1.04 bits per heavy atom. The maximum atomic E-state index is 13.4. The van der Waals surface area contributed by atoms with Crippen LogP contribution in [0.1, 0.15) is 100 Å². The number of ether oxygens (including phenoxy) is 2. The molecule has 0 bridgehead atoms. The summed E-state index contributed by atoms with van der Waals surface area (Å²) in [5.41, 5.74) is 16.0. The number of primary amides is 2. The Morgan fingerprint density at radius 1 is 0.632 bits per heavy atom. The van der Waals surface area contributed by atoms with Crippen molar-refractivity contribution in [3.8, 4) is 11.5 Å². The molecule has 0 saturated heterocycles. The molecule has 4 heterocycles. The van der Waals surface area contributed by atoms with E-state index in [-0.39, 0.29) is 48.1 Å². The van der Waals surface area contributed by atoms with Crippen LogP contribution >= 0.6 is 0 Å². The number of nitrogens with zero attached hydrogens (tertiary/aromatic N) is 8. The number of aryl methyl sites for hydroxylation is 6. The summed E-state index contributed by atoms with van der Waals surface area (Å²) < 4.78 is 19.5. The van der Waals surface area contributed by atoms with Gasteiger partial charge in [-0.3, -0.25) is 39.2 Å². The molecule has 4 amide bonds. The molecule has 2 aromatic carbocycles. The fourth-order valence-corrected chi connectivity index (χ4v) is 6.73. The fourth-order valence-electron chi connectivity index (χ4n) is 6.73. The number of carbonyl (C=O) groups excluding carboxylic acids is 4. The van der Waals surface area contributed by atoms with E-state index in [4.69, 9.17) is 20.9 Å². The molecule has 6 N–H and O–H groups in total. The van der Waals surface area contributed by atoms with Gasteiger partial charge in [0.2, 0.25) is 23.7 Å². The lowest BCUT2D eigenvalue weighted by molar-refractivity contribution is 0.0991. The average molecular weight is 781 g/mol. The molecule has 0 aliphatic carbocycles. The van der Waals surface area contributed by atoms with Crippen LogP contribution in [-0.2, 0) is 26.2 Å². The van der Waals surface area contributed by atoms with Crippen molar-refractivity contribution in [2.75, 3.05) is 23.8 Å². The van der Waals surface area contributed by atoms with Gasteiger partial charge in [-0.05, 0) is 76.9 Å². The standard InChI is InChI=1S/C39H48N12O6/c1-7-12-48-32-26(42-38(48)44-36(54)28-16-22(5)46-50(28)9-3)18-24(34(40)52)20-30(32)56-14-11-15-57-31-21-25(35(41)53)19-27-33(31)49(13-8-2)39(43-27)45-37(55)29-17-23(6)47-51(29)10-4/h16-21H,7-15H2,1-6H3,(H2,40,52)(H2,41,53)(H,42,44,54)(H,43,45,55). The minimum Gasteiger partial charge on any atom is -0.491 e. The molecule has 300 valence electrons. The SMILES string of the molecule is CCCn1c(NC(=O)c2cc(C)nn2CC)nc2cc(C(N)=O)cc(OCCCOc3cc(C(N)=O)cc4nc(NC(=O)c5cc(C)nn5CC)n(CCC)c34)c21. The van der Waals surface area contributed by atoms with Gasteiger partial charge in [0, 0.05) is 43.7 Å². The molecule has 0 fully saturated rings. The molecular weight excluding hydrogens is 733 g/mol. The van der Waals surface area contributed by atoms with Crippen LogP contribution in [0.4, 0.5) is 11.9 Å². The third-order valence-electron chi connectivity index (χ3n) is 9.20. The lowest BCUT2D eigenvalue weighted by Gasteiger charge is -2.15. The van der Waals surface area contributed by atoms with Crippen LogP contribution in [0.5, 0.6) is 11.5 Å². The molecule has 0 spiro atoms. The fraction of sp³-hybridized carbons (Fsp3) is 0.385. The van der Waals surface area contributed by atoms with Crippen molar-refractivity contribution in [2.45, 2.75) is 87.0 Å². The lowest BCUT2D eigenvalue weighted by Crippen LogP contribution is -2.20. The van der Waals surface area contributed by atoms with Crippen LogP contribution in [-0.4, -0.2) is 75.5 Å². The van der Waals surface area contributed by atoms with Gasteiger partial charge >= 0.3 is 0 Å². The van der Waals surface area contributed by atoms with Crippen LogP contribution in [0.2, 0.25) is 0 Å². The van der Waals surface area contributed by atoms with Gasteiger partial charge in [0.1, 0.15) is 33.9 Å². The Bertz CT molecular complexity index is 2320. The third kappa shape index (κ3) is 8.29. The van der Waals surface area contributed by atoms with E-state index in [0.29, 0.717) is 102 Å². The minimum atomic E-state index is -0.660. The number of fused-ring (bicyclic) bond motifs is 2. The molecule has 0 saturated carbocycles. The largest absolute Gasteiger partial charge is 0.491 e. The molecule has 0 aliphatic rings. The number of hydrogen-bond acceptors (Lipinski definition) is 10. The zero-order chi connectivity index (χ0) is 41.0. The summed E-state index contributed by atoms with van der Waals surface area (Å²) >= 11 is 0. The molecular formula is C39H48N12O6. The van der Waals surface area contributed by atoms with Gasteiger partial charge in [0.25, 0.3) is 11.8 Å². The topological polar surface area (TPSA) is 234 Å². The number of benzene rings is 2. The van der Waals surface area contributed by atoms with E-state index < -0.39 is 11.8 Å². The number of nitrogens with two attached hydrogens (primary N) is 2. The second-order valence-electron chi connectivity index (χ2n) is 13.5. The van der Waals surface area contributed by atoms with Crippen LogP contribution in [0.3, 0.4) is 0 Å². The quantitative estimate of drug-likeness (QED) is 0.0870. The van der Waals surface area contributed by atoms with E-state index in [2.05, 4.69) is 30.8 Å². The molecule has 18 heteroatoms. The average Bonchev–Trinajstić information content (AvgIpc) is 3.94. The summed E-state index contributed by atoms with van der Waals surface area (Å²) in [4.78, 5) is 60.9. The van der Waals surface area contributed by atoms with Crippen molar-refractivity contribution in [1.82, 2.24) is 38.7 Å². The van der Waals surface area contributed by atoms with Gasteiger partial charge in [-0.25, -0.2) is 9.97 Å². The van der Waals surface area contributed by atoms with E-state index in [9.17, 15) is 19.2 Å². The molecule has 4 aromatic heterocycles. The van der Waals surface area contributed by atoms with E-state index in [1.807, 2.05) is 50.7 Å². The van der Waals surface area contributed by atoms with Crippen molar-refractivity contribution < 1.29 is 28.7 Å². The monoisotopic (exact) mass is 780 g/mol. The van der Waals surface area contributed by atoms with E-state index in [0.717, 1.165) is 0 Å². The van der Waals surface area contributed by atoms with Crippen molar-refractivity contribution in [3.05, 3.63) is 70.3 Å². The molecule has 18 nitrogen and oxygen atoms in total. The summed E-state index contributed by atoms with van der Waals surface area (Å²) in [5, 5.41) is 14.6. The minimum absolute atomic E-state index is 0.157. The second kappa shape index (κ2) is 17.0. The van der Waals surface area contributed by atoms with Crippen LogP contribution in [0, 0.1) is 13.8 Å².